The molecule has 210 valence electrons. The zero-order valence-electron chi connectivity index (χ0n) is 21.3. The minimum Gasteiger partial charge on any atom is -0.351 e. The first-order chi connectivity index (χ1) is 19.6. The topological polar surface area (TPSA) is 119 Å². The molecule has 3 heterocycles. The van der Waals surface area contributed by atoms with Gasteiger partial charge in [-0.2, -0.15) is 9.65 Å². The van der Waals surface area contributed by atoms with Crippen LogP contribution in [0, 0.1) is 17.3 Å². The minimum atomic E-state index is -2.92. The monoisotopic (exact) mass is 582 g/mol. The second kappa shape index (κ2) is 11.2. The Morgan fingerprint density at radius 2 is 1.88 bits per heavy atom. The number of anilines is 2. The van der Waals surface area contributed by atoms with Crippen LogP contribution in [-0.2, 0) is 14.4 Å². The van der Waals surface area contributed by atoms with Crippen molar-refractivity contribution in [3.63, 3.8) is 0 Å². The lowest BCUT2D eigenvalue weighted by Gasteiger charge is -2.39. The number of aromatic nitrogens is 2. The molecule has 1 saturated heterocycles. The average Bonchev–Trinajstić information content (AvgIpc) is 3.32. The summed E-state index contributed by atoms with van der Waals surface area (Å²) < 4.78 is 41.5. The molecule has 2 atom stereocenters. The third-order valence-electron chi connectivity index (χ3n) is 6.99. The molecule has 2 aliphatic rings. The van der Waals surface area contributed by atoms with Crippen LogP contribution < -0.4 is 15.1 Å². The third-order valence-corrected chi connectivity index (χ3v) is 7.33. The van der Waals surface area contributed by atoms with Gasteiger partial charge in [0, 0.05) is 54.4 Å². The van der Waals surface area contributed by atoms with Crippen LogP contribution >= 0.6 is 11.6 Å². The van der Waals surface area contributed by atoms with Crippen LogP contribution in [0.3, 0.4) is 0 Å². The molecule has 13 heteroatoms. The normalized spacial score (nSPS) is 18.8. The predicted octanol–water partition coefficient (Wildman–Crippen LogP) is 4.32. The first kappa shape index (κ1) is 28.0. The van der Waals surface area contributed by atoms with E-state index in [1.54, 1.807) is 12.1 Å². The maximum Gasteiger partial charge on any atom is 0.252 e. The van der Waals surface area contributed by atoms with Crippen LogP contribution in [0.15, 0.2) is 60.9 Å². The molecule has 1 aliphatic heterocycles. The molecule has 1 aromatic carbocycles. The summed E-state index contributed by atoms with van der Waals surface area (Å²) in [7, 11) is 0. The average molecular weight is 583 g/mol. The Kier molecular flexibility index (Phi) is 7.64. The second-order valence-electron chi connectivity index (χ2n) is 9.77. The Morgan fingerprint density at radius 3 is 2.56 bits per heavy atom. The fourth-order valence-electron chi connectivity index (χ4n) is 5.07. The summed E-state index contributed by atoms with van der Waals surface area (Å²) in [6, 6.07) is 9.62. The SMILES string of the molecule is N#Cc1ccnc(N2C(=O)CCC2C(=O)N(c2ccnc(F)c2)C(C(=O)NC2CC(F)(F)C2)c2ccccc2Cl)c1. The first-order valence-electron chi connectivity index (χ1n) is 12.6. The molecule has 1 aliphatic carbocycles. The van der Waals surface area contributed by atoms with Gasteiger partial charge in [-0.15, -0.1) is 0 Å². The lowest BCUT2D eigenvalue weighted by molar-refractivity contribution is -0.133. The van der Waals surface area contributed by atoms with Crippen molar-refractivity contribution in [2.24, 2.45) is 0 Å². The zero-order chi connectivity index (χ0) is 29.3. The van der Waals surface area contributed by atoms with Crippen molar-refractivity contribution in [2.75, 3.05) is 9.80 Å². The van der Waals surface area contributed by atoms with E-state index in [9.17, 15) is 32.8 Å². The van der Waals surface area contributed by atoms with Gasteiger partial charge in [0.25, 0.3) is 11.8 Å². The maximum atomic E-state index is 14.4. The van der Waals surface area contributed by atoms with Crippen molar-refractivity contribution in [1.29, 1.82) is 5.26 Å². The molecule has 5 rings (SSSR count). The fourth-order valence-corrected chi connectivity index (χ4v) is 5.31. The Bertz CT molecular complexity index is 1560. The molecular weight excluding hydrogens is 561 g/mol. The van der Waals surface area contributed by atoms with Crippen LogP contribution in [-0.4, -0.2) is 45.7 Å². The zero-order valence-corrected chi connectivity index (χ0v) is 22.1. The lowest BCUT2D eigenvalue weighted by atomic mass is 9.87. The summed E-state index contributed by atoms with van der Waals surface area (Å²) in [5.41, 5.74) is 0.294. The van der Waals surface area contributed by atoms with Crippen LogP contribution in [0.1, 0.15) is 42.9 Å². The number of nitriles is 1. The molecule has 3 amide bonds. The van der Waals surface area contributed by atoms with Crippen molar-refractivity contribution in [2.45, 2.75) is 49.7 Å². The van der Waals surface area contributed by atoms with Crippen molar-refractivity contribution in [3.05, 3.63) is 83.0 Å². The van der Waals surface area contributed by atoms with Gasteiger partial charge in [-0.1, -0.05) is 29.8 Å². The van der Waals surface area contributed by atoms with E-state index in [2.05, 4.69) is 15.3 Å². The van der Waals surface area contributed by atoms with Crippen molar-refractivity contribution < 1.29 is 27.6 Å². The molecule has 1 N–H and O–H groups in total. The van der Waals surface area contributed by atoms with Gasteiger partial charge in [-0.25, -0.2) is 18.7 Å². The Hall–Kier alpha value is -4.50. The van der Waals surface area contributed by atoms with Crippen molar-refractivity contribution in [1.82, 2.24) is 15.3 Å². The molecule has 3 aromatic rings. The van der Waals surface area contributed by atoms with Crippen LogP contribution in [0.25, 0.3) is 0 Å². The molecule has 2 unspecified atom stereocenters. The number of alkyl halides is 2. The highest BCUT2D eigenvalue weighted by atomic mass is 35.5. The molecule has 0 radical (unpaired) electrons. The number of hydrogen-bond donors (Lipinski definition) is 1. The Labute approximate surface area is 237 Å². The number of carbonyl (C=O) groups is 3. The molecule has 2 aromatic heterocycles. The van der Waals surface area contributed by atoms with Gasteiger partial charge in [0.1, 0.15) is 17.9 Å². The molecule has 0 spiro atoms. The van der Waals surface area contributed by atoms with E-state index in [1.807, 2.05) is 6.07 Å². The number of benzene rings is 1. The predicted molar refractivity (Wildman–Crippen MR) is 141 cm³/mol. The van der Waals surface area contributed by atoms with Gasteiger partial charge in [0.15, 0.2) is 0 Å². The quantitative estimate of drug-likeness (QED) is 0.414. The number of halogens is 4. The van der Waals surface area contributed by atoms with Gasteiger partial charge in [0.2, 0.25) is 17.8 Å². The minimum absolute atomic E-state index is 0.0336. The summed E-state index contributed by atoms with van der Waals surface area (Å²) in [5.74, 6) is -5.84. The molecule has 1 saturated carbocycles. The van der Waals surface area contributed by atoms with Gasteiger partial charge in [-0.05, 0) is 30.7 Å². The van der Waals surface area contributed by atoms with E-state index in [1.165, 1.54) is 36.5 Å². The molecule has 9 nitrogen and oxygen atoms in total. The summed E-state index contributed by atoms with van der Waals surface area (Å²) in [6.45, 7) is 0. The number of hydrogen-bond acceptors (Lipinski definition) is 6. The number of carbonyl (C=O) groups excluding carboxylic acids is 3. The van der Waals surface area contributed by atoms with E-state index >= 15 is 0 Å². The van der Waals surface area contributed by atoms with Gasteiger partial charge in [-0.3, -0.25) is 24.2 Å². The standard InChI is InChI=1S/C28H22ClF3N6O3/c29-20-4-2-1-3-19(20)25(26(40)36-17-13-28(31,32)14-17)37(18-8-10-34-22(30)12-18)27(41)21-5-6-24(39)38(21)23-11-16(15-33)7-9-35-23/h1-4,7-12,17,21,25H,5-6,13-14H2,(H,36,40). The third kappa shape index (κ3) is 5.71. The number of amides is 3. The van der Waals surface area contributed by atoms with E-state index in [-0.39, 0.29) is 40.5 Å². The Balaban J connectivity index is 1.61. The number of nitrogens with one attached hydrogen (secondary N) is 1. The number of rotatable bonds is 7. The summed E-state index contributed by atoms with van der Waals surface area (Å²) in [4.78, 5) is 51.0. The highest BCUT2D eigenvalue weighted by Gasteiger charge is 2.48. The van der Waals surface area contributed by atoms with Gasteiger partial charge >= 0.3 is 0 Å². The molecular formula is C28H22ClF3N6O3. The van der Waals surface area contributed by atoms with Gasteiger partial charge in [0.05, 0.1) is 17.3 Å². The van der Waals surface area contributed by atoms with Crippen molar-refractivity contribution in [3.8, 4) is 6.07 Å². The smallest absolute Gasteiger partial charge is 0.252 e. The highest BCUT2D eigenvalue weighted by molar-refractivity contribution is 6.31. The largest absolute Gasteiger partial charge is 0.351 e. The van der Waals surface area contributed by atoms with Crippen molar-refractivity contribution >= 4 is 40.8 Å². The highest BCUT2D eigenvalue weighted by Crippen LogP contribution is 2.39. The Morgan fingerprint density at radius 1 is 1.15 bits per heavy atom. The summed E-state index contributed by atoms with van der Waals surface area (Å²) in [6.07, 6.45) is 1.29. The molecule has 41 heavy (non-hydrogen) atoms. The molecule has 2 fully saturated rings. The number of nitrogens with zero attached hydrogens (tertiary/aromatic N) is 5. The van der Waals surface area contributed by atoms with E-state index in [4.69, 9.17) is 11.6 Å². The lowest BCUT2D eigenvalue weighted by Crippen LogP contribution is -2.56. The number of pyridine rings is 2. The first-order valence-corrected chi connectivity index (χ1v) is 13.0. The second-order valence-corrected chi connectivity index (χ2v) is 10.2. The fraction of sp³-hybridized carbons (Fsp3) is 0.286. The van der Waals surface area contributed by atoms with Crippen LogP contribution in [0.5, 0.6) is 0 Å². The van der Waals surface area contributed by atoms with E-state index < -0.39 is 60.6 Å². The van der Waals surface area contributed by atoms with Crippen LogP contribution in [0.4, 0.5) is 24.7 Å². The van der Waals surface area contributed by atoms with E-state index in [0.717, 1.165) is 22.1 Å². The van der Waals surface area contributed by atoms with Gasteiger partial charge < -0.3 is 5.32 Å². The van der Waals surface area contributed by atoms with E-state index in [0.29, 0.717) is 0 Å². The summed E-state index contributed by atoms with van der Waals surface area (Å²) in [5, 5.41) is 12.0. The summed E-state index contributed by atoms with van der Waals surface area (Å²) >= 11 is 6.47. The molecule has 0 bridgehead atoms. The van der Waals surface area contributed by atoms with Crippen LogP contribution in [0.2, 0.25) is 5.02 Å². The maximum absolute atomic E-state index is 14.4.